The van der Waals surface area contributed by atoms with Crippen LogP contribution >= 0.6 is 18.8 Å². The molecule has 0 spiro atoms. The van der Waals surface area contributed by atoms with Gasteiger partial charge in [0, 0.05) is 12.4 Å². The minimum Gasteiger partial charge on any atom is -0.255 e. The van der Waals surface area contributed by atoms with E-state index >= 15 is 0 Å². The van der Waals surface area contributed by atoms with E-state index in [4.69, 9.17) is 18.8 Å². The van der Waals surface area contributed by atoms with Gasteiger partial charge in [0.05, 0.1) is 11.4 Å². The molecular weight excluding hydrogens is 430 g/mol. The molecular formula is C10H10Cl2N2OPt. The average molecular weight is 440 g/mol. The fourth-order valence-electron chi connectivity index (χ4n) is 1.03. The molecule has 2 heterocycles. The Morgan fingerprint density at radius 2 is 1.19 bits per heavy atom. The van der Waals surface area contributed by atoms with Crippen molar-refractivity contribution in [1.29, 1.82) is 0 Å². The monoisotopic (exact) mass is 439 g/mol. The van der Waals surface area contributed by atoms with Crippen LogP contribution in [0.4, 0.5) is 0 Å². The Morgan fingerprint density at radius 3 is 1.44 bits per heavy atom. The summed E-state index contributed by atoms with van der Waals surface area (Å²) in [4.78, 5) is 8.37. The molecule has 2 aromatic rings. The van der Waals surface area contributed by atoms with Gasteiger partial charge in [0.25, 0.3) is 0 Å². The van der Waals surface area contributed by atoms with Crippen LogP contribution in [0.3, 0.4) is 0 Å². The molecule has 0 bridgehead atoms. The van der Waals surface area contributed by atoms with E-state index in [2.05, 4.69) is 9.97 Å². The van der Waals surface area contributed by atoms with Gasteiger partial charge in [0.15, 0.2) is 0 Å². The summed E-state index contributed by atoms with van der Waals surface area (Å²) in [5.74, 6) is 0. The molecule has 2 N–H and O–H groups in total. The second-order valence-electron chi connectivity index (χ2n) is 2.48. The Balaban J connectivity index is 0.000000511. The van der Waals surface area contributed by atoms with E-state index in [1.807, 2.05) is 36.4 Å². The summed E-state index contributed by atoms with van der Waals surface area (Å²) in [5.41, 5.74) is 1.83. The number of nitrogens with zero attached hydrogens (tertiary/aromatic N) is 2. The van der Waals surface area contributed by atoms with Gasteiger partial charge in [-0.25, -0.2) is 0 Å². The molecule has 6 heteroatoms. The van der Waals surface area contributed by atoms with E-state index < -0.39 is 16.5 Å². The smallest absolute Gasteiger partial charge is 0.0886 e. The predicted molar refractivity (Wildman–Crippen MR) is 62.8 cm³/mol. The van der Waals surface area contributed by atoms with E-state index in [9.17, 15) is 0 Å². The molecule has 0 unspecified atom stereocenters. The summed E-state index contributed by atoms with van der Waals surface area (Å²) < 4.78 is 0. The number of pyridine rings is 2. The van der Waals surface area contributed by atoms with Crippen molar-refractivity contribution >= 4 is 18.8 Å². The first-order valence-electron chi connectivity index (χ1n) is 4.03. The molecule has 0 atom stereocenters. The van der Waals surface area contributed by atoms with Gasteiger partial charge >= 0.3 is 35.3 Å². The Hall–Kier alpha value is -0.472. The van der Waals surface area contributed by atoms with Gasteiger partial charge in [-0.05, 0) is 24.3 Å². The van der Waals surface area contributed by atoms with Crippen molar-refractivity contribution in [3.8, 4) is 11.4 Å². The van der Waals surface area contributed by atoms with Crippen LogP contribution in [-0.4, -0.2) is 15.4 Å². The van der Waals surface area contributed by atoms with E-state index in [0.29, 0.717) is 0 Å². The maximum atomic E-state index is 4.88. The first-order valence-corrected chi connectivity index (χ1v) is 9.66. The van der Waals surface area contributed by atoms with Crippen LogP contribution in [0.2, 0.25) is 0 Å². The van der Waals surface area contributed by atoms with Gasteiger partial charge in [0.2, 0.25) is 0 Å². The van der Waals surface area contributed by atoms with Crippen molar-refractivity contribution in [2.24, 2.45) is 0 Å². The number of halogens is 2. The molecule has 0 aliphatic heterocycles. The summed E-state index contributed by atoms with van der Waals surface area (Å²) in [6.45, 7) is 0. The second kappa shape index (κ2) is 9.73. The summed E-state index contributed by atoms with van der Waals surface area (Å²) >= 11 is -0.472. The second-order valence-corrected chi connectivity index (χ2v) is 5.76. The van der Waals surface area contributed by atoms with Crippen LogP contribution in [0.15, 0.2) is 48.8 Å². The summed E-state index contributed by atoms with van der Waals surface area (Å²) in [6, 6.07) is 11.6. The fourth-order valence-corrected chi connectivity index (χ4v) is 1.03. The summed E-state index contributed by atoms with van der Waals surface area (Å²) in [6.07, 6.45) is 3.54. The molecule has 2 aromatic heterocycles. The van der Waals surface area contributed by atoms with Gasteiger partial charge < -0.3 is 5.48 Å². The topological polar surface area (TPSA) is 57.3 Å². The minimum atomic E-state index is -0.472. The molecule has 0 saturated heterocycles. The fraction of sp³-hybridized carbons (Fsp3) is 0. The van der Waals surface area contributed by atoms with Crippen molar-refractivity contribution in [3.05, 3.63) is 48.8 Å². The van der Waals surface area contributed by atoms with Crippen LogP contribution in [0.5, 0.6) is 0 Å². The molecule has 0 saturated carbocycles. The standard InChI is InChI=1S/C10H8N2.2ClH.H2O.Pt/c1-3-7-11-9(5-1)10-6-2-4-8-12-10;;;;/h1-8H;2*1H;1H2;/q;;;;+2/p-2. The Bertz CT molecular complexity index is 338. The zero-order chi connectivity index (χ0) is 10.9. The minimum absolute atomic E-state index is 0. The molecule has 0 radical (unpaired) electrons. The molecule has 0 aromatic carbocycles. The van der Waals surface area contributed by atoms with Crippen LogP contribution in [0, 0.1) is 0 Å². The molecule has 0 aliphatic rings. The molecule has 0 aliphatic carbocycles. The molecule has 0 fully saturated rings. The molecule has 90 valence electrons. The van der Waals surface area contributed by atoms with E-state index in [1.54, 1.807) is 12.4 Å². The normalized spacial score (nSPS) is 8.62. The van der Waals surface area contributed by atoms with E-state index in [-0.39, 0.29) is 5.48 Å². The summed E-state index contributed by atoms with van der Waals surface area (Å²) in [7, 11) is 9.75. The van der Waals surface area contributed by atoms with E-state index in [0.717, 1.165) is 11.4 Å². The van der Waals surface area contributed by atoms with Gasteiger partial charge in [-0.3, -0.25) is 9.97 Å². The number of rotatable bonds is 1. The zero-order valence-electron chi connectivity index (χ0n) is 8.09. The van der Waals surface area contributed by atoms with Crippen molar-refractivity contribution in [3.63, 3.8) is 0 Å². The third kappa shape index (κ3) is 5.57. The Labute approximate surface area is 111 Å². The predicted octanol–water partition coefficient (Wildman–Crippen LogP) is 2.70. The number of hydrogen-bond donors (Lipinski definition) is 0. The molecule has 2 rings (SSSR count). The van der Waals surface area contributed by atoms with Gasteiger partial charge in [-0.1, -0.05) is 12.1 Å². The number of aromatic nitrogens is 2. The first-order chi connectivity index (χ1) is 7.38. The third-order valence-corrected chi connectivity index (χ3v) is 1.59. The van der Waals surface area contributed by atoms with Crippen LogP contribution in [0.25, 0.3) is 11.4 Å². The third-order valence-electron chi connectivity index (χ3n) is 1.59. The van der Waals surface area contributed by atoms with Crippen molar-refractivity contribution in [1.82, 2.24) is 9.97 Å². The van der Waals surface area contributed by atoms with Gasteiger partial charge in [-0.15, -0.1) is 0 Å². The van der Waals surface area contributed by atoms with Crippen LogP contribution in [-0.2, 0) is 16.5 Å². The van der Waals surface area contributed by atoms with Crippen molar-refractivity contribution in [2.45, 2.75) is 0 Å². The Morgan fingerprint density at radius 1 is 0.812 bits per heavy atom. The number of hydrogen-bond acceptors (Lipinski definition) is 2. The van der Waals surface area contributed by atoms with Gasteiger partial charge in [0.1, 0.15) is 0 Å². The van der Waals surface area contributed by atoms with Gasteiger partial charge in [-0.2, -0.15) is 0 Å². The van der Waals surface area contributed by atoms with Crippen molar-refractivity contribution in [2.75, 3.05) is 0 Å². The largest absolute Gasteiger partial charge is 0.255 e. The quantitative estimate of drug-likeness (QED) is 0.685. The van der Waals surface area contributed by atoms with Crippen molar-refractivity contribution < 1.29 is 22.0 Å². The zero-order valence-corrected chi connectivity index (χ0v) is 11.9. The molecule has 3 nitrogen and oxygen atoms in total. The maximum absolute atomic E-state index is 4.88. The SMILES string of the molecule is O.[Cl][Pt][Cl].c1ccc(-c2ccccn2)nc1. The molecule has 0 amide bonds. The van der Waals surface area contributed by atoms with E-state index in [1.165, 1.54) is 0 Å². The summed E-state index contributed by atoms with van der Waals surface area (Å²) in [5, 5.41) is 0. The first kappa shape index (κ1) is 15.5. The Kier molecular flexibility index (Phi) is 9.45. The maximum Gasteiger partial charge on any atom is 0.0886 e. The molecule has 16 heavy (non-hydrogen) atoms. The van der Waals surface area contributed by atoms with Crippen LogP contribution < -0.4 is 0 Å². The average Bonchev–Trinajstić information content (AvgIpc) is 2.32. The van der Waals surface area contributed by atoms with Crippen LogP contribution in [0.1, 0.15) is 0 Å².